The van der Waals surface area contributed by atoms with E-state index in [0.717, 1.165) is 10.9 Å². The molecule has 3 aromatic rings. The Kier molecular flexibility index (Phi) is 4.53. The van der Waals surface area contributed by atoms with Crippen molar-refractivity contribution >= 4 is 34.2 Å². The van der Waals surface area contributed by atoms with E-state index >= 15 is 0 Å². The van der Waals surface area contributed by atoms with Crippen LogP contribution in [0.2, 0.25) is 5.02 Å². The fraction of sp³-hybridized carbons (Fsp3) is 0.111. The SMILES string of the molecule is COC(=O)c1c(NCc2ccccc2Cl)c2ccccc2[nH]c1=O. The lowest BCUT2D eigenvalue weighted by atomic mass is 10.1. The van der Waals surface area contributed by atoms with Crippen LogP contribution in [0.1, 0.15) is 15.9 Å². The van der Waals surface area contributed by atoms with Crippen molar-refractivity contribution in [1.29, 1.82) is 0 Å². The van der Waals surface area contributed by atoms with Crippen LogP contribution >= 0.6 is 11.6 Å². The Hall–Kier alpha value is -2.79. The monoisotopic (exact) mass is 342 g/mol. The molecule has 1 heterocycles. The first-order chi connectivity index (χ1) is 11.6. The summed E-state index contributed by atoms with van der Waals surface area (Å²) in [5, 5.41) is 4.50. The van der Waals surface area contributed by atoms with Gasteiger partial charge in [0.15, 0.2) is 0 Å². The van der Waals surface area contributed by atoms with Crippen LogP contribution in [0.15, 0.2) is 53.3 Å². The maximum Gasteiger partial charge on any atom is 0.345 e. The highest BCUT2D eigenvalue weighted by atomic mass is 35.5. The van der Waals surface area contributed by atoms with E-state index in [9.17, 15) is 9.59 Å². The topological polar surface area (TPSA) is 71.2 Å². The van der Waals surface area contributed by atoms with Gasteiger partial charge in [-0.2, -0.15) is 0 Å². The van der Waals surface area contributed by atoms with Gasteiger partial charge in [0.05, 0.1) is 18.3 Å². The molecular weight excluding hydrogens is 328 g/mol. The van der Waals surface area contributed by atoms with Crippen LogP contribution in [0.5, 0.6) is 0 Å². The molecule has 0 atom stereocenters. The van der Waals surface area contributed by atoms with E-state index in [2.05, 4.69) is 10.3 Å². The molecule has 6 heteroatoms. The average Bonchev–Trinajstić information content (AvgIpc) is 2.60. The number of hydrogen-bond donors (Lipinski definition) is 2. The predicted octanol–water partition coefficient (Wildman–Crippen LogP) is 3.58. The van der Waals surface area contributed by atoms with Crippen LogP contribution in [-0.2, 0) is 11.3 Å². The van der Waals surface area contributed by atoms with Crippen molar-refractivity contribution < 1.29 is 9.53 Å². The average molecular weight is 343 g/mol. The van der Waals surface area contributed by atoms with Gasteiger partial charge in [-0.3, -0.25) is 4.79 Å². The molecular formula is C18H15ClN2O3. The highest BCUT2D eigenvalue weighted by Crippen LogP contribution is 2.25. The first-order valence-corrected chi connectivity index (χ1v) is 7.70. The molecule has 5 nitrogen and oxygen atoms in total. The van der Waals surface area contributed by atoms with E-state index in [1.807, 2.05) is 36.4 Å². The molecule has 2 N–H and O–H groups in total. The zero-order valence-corrected chi connectivity index (χ0v) is 13.7. The highest BCUT2D eigenvalue weighted by molar-refractivity contribution is 6.31. The molecule has 0 amide bonds. The number of aromatic nitrogens is 1. The summed E-state index contributed by atoms with van der Waals surface area (Å²) in [7, 11) is 1.24. The number of pyridine rings is 1. The third-order valence-corrected chi connectivity index (χ3v) is 4.09. The fourth-order valence-electron chi connectivity index (χ4n) is 2.55. The lowest BCUT2D eigenvalue weighted by molar-refractivity contribution is 0.0600. The standard InChI is InChI=1S/C18H15ClN2O3/c1-24-18(23)15-16(20-10-11-6-2-4-8-13(11)19)12-7-3-5-9-14(12)21-17(15)22/h2-9H,10H2,1H3,(H2,20,21,22). The van der Waals surface area contributed by atoms with Crippen molar-refractivity contribution in [2.24, 2.45) is 0 Å². The van der Waals surface area contributed by atoms with Gasteiger partial charge in [-0.1, -0.05) is 48.0 Å². The summed E-state index contributed by atoms with van der Waals surface area (Å²) in [5.74, 6) is -0.691. The molecule has 0 spiro atoms. The minimum atomic E-state index is -0.691. The Bertz CT molecular complexity index is 966. The van der Waals surface area contributed by atoms with E-state index in [4.69, 9.17) is 16.3 Å². The number of nitrogens with one attached hydrogen (secondary N) is 2. The molecule has 122 valence electrons. The van der Waals surface area contributed by atoms with Crippen molar-refractivity contribution in [3.05, 3.63) is 75.0 Å². The lowest BCUT2D eigenvalue weighted by Gasteiger charge is -2.14. The van der Waals surface area contributed by atoms with Crippen molar-refractivity contribution in [2.75, 3.05) is 12.4 Å². The number of H-pyrrole nitrogens is 1. The van der Waals surface area contributed by atoms with Crippen LogP contribution in [0.25, 0.3) is 10.9 Å². The summed E-state index contributed by atoms with van der Waals surface area (Å²) in [6, 6.07) is 14.6. The fourth-order valence-corrected chi connectivity index (χ4v) is 2.75. The summed E-state index contributed by atoms with van der Waals surface area (Å²) >= 11 is 6.17. The van der Waals surface area contributed by atoms with Gasteiger partial charge in [-0.25, -0.2) is 4.79 Å². The van der Waals surface area contributed by atoms with Gasteiger partial charge in [0.25, 0.3) is 5.56 Å². The maximum absolute atomic E-state index is 12.3. The quantitative estimate of drug-likeness (QED) is 0.711. The molecule has 0 aliphatic heterocycles. The number of aromatic amines is 1. The van der Waals surface area contributed by atoms with Crippen molar-refractivity contribution in [3.8, 4) is 0 Å². The number of ether oxygens (including phenoxy) is 1. The minimum Gasteiger partial charge on any atom is -0.465 e. The highest BCUT2D eigenvalue weighted by Gasteiger charge is 2.20. The van der Waals surface area contributed by atoms with Gasteiger partial charge in [-0.15, -0.1) is 0 Å². The summed E-state index contributed by atoms with van der Waals surface area (Å²) in [4.78, 5) is 27.1. The largest absolute Gasteiger partial charge is 0.465 e. The van der Waals surface area contributed by atoms with Gasteiger partial charge in [0, 0.05) is 17.0 Å². The Labute approximate surface area is 143 Å². The molecule has 0 saturated carbocycles. The summed E-state index contributed by atoms with van der Waals surface area (Å²) < 4.78 is 4.76. The van der Waals surface area contributed by atoms with E-state index in [0.29, 0.717) is 22.8 Å². The lowest BCUT2D eigenvalue weighted by Crippen LogP contribution is -2.22. The first-order valence-electron chi connectivity index (χ1n) is 7.32. The number of benzene rings is 2. The Morgan fingerprint density at radius 3 is 2.62 bits per heavy atom. The molecule has 0 saturated heterocycles. The number of anilines is 1. The Balaban J connectivity index is 2.12. The summed E-state index contributed by atoms with van der Waals surface area (Å²) in [6.45, 7) is 0.372. The zero-order chi connectivity index (χ0) is 17.1. The number of carbonyl (C=O) groups excluding carboxylic acids is 1. The van der Waals surface area contributed by atoms with Crippen LogP contribution in [0.3, 0.4) is 0 Å². The third-order valence-electron chi connectivity index (χ3n) is 3.72. The molecule has 2 aromatic carbocycles. The van der Waals surface area contributed by atoms with Gasteiger partial charge < -0.3 is 15.0 Å². The van der Waals surface area contributed by atoms with E-state index in [-0.39, 0.29) is 5.56 Å². The number of methoxy groups -OCH3 is 1. The van der Waals surface area contributed by atoms with Crippen LogP contribution in [0, 0.1) is 0 Å². The van der Waals surface area contributed by atoms with Gasteiger partial charge in [0.1, 0.15) is 5.56 Å². The number of fused-ring (bicyclic) bond motifs is 1. The number of esters is 1. The summed E-state index contributed by atoms with van der Waals surface area (Å²) in [6.07, 6.45) is 0. The van der Waals surface area contributed by atoms with Gasteiger partial charge in [0.2, 0.25) is 0 Å². The van der Waals surface area contributed by atoms with Crippen LogP contribution < -0.4 is 10.9 Å². The number of halogens is 1. The number of para-hydroxylation sites is 1. The van der Waals surface area contributed by atoms with E-state index in [1.54, 1.807) is 12.1 Å². The molecule has 0 fully saturated rings. The van der Waals surface area contributed by atoms with Gasteiger partial charge in [-0.05, 0) is 17.7 Å². The predicted molar refractivity (Wildman–Crippen MR) is 94.7 cm³/mol. The second kappa shape index (κ2) is 6.76. The molecule has 0 radical (unpaired) electrons. The Morgan fingerprint density at radius 2 is 1.88 bits per heavy atom. The summed E-state index contributed by atoms with van der Waals surface area (Å²) in [5.41, 5.74) is 1.38. The molecule has 24 heavy (non-hydrogen) atoms. The minimum absolute atomic E-state index is 0.0525. The zero-order valence-electron chi connectivity index (χ0n) is 12.9. The molecule has 1 aromatic heterocycles. The van der Waals surface area contributed by atoms with Crippen LogP contribution in [0.4, 0.5) is 5.69 Å². The first kappa shape index (κ1) is 16.1. The van der Waals surface area contributed by atoms with Crippen molar-refractivity contribution in [1.82, 2.24) is 4.98 Å². The number of carbonyl (C=O) groups is 1. The molecule has 0 aliphatic rings. The molecule has 0 aliphatic carbocycles. The second-order valence-corrected chi connectivity index (χ2v) is 5.59. The second-order valence-electron chi connectivity index (χ2n) is 5.19. The molecule has 3 rings (SSSR count). The smallest absolute Gasteiger partial charge is 0.345 e. The van der Waals surface area contributed by atoms with Gasteiger partial charge >= 0.3 is 5.97 Å². The molecule has 0 bridgehead atoms. The Morgan fingerprint density at radius 1 is 1.17 bits per heavy atom. The van der Waals surface area contributed by atoms with Crippen LogP contribution in [-0.4, -0.2) is 18.1 Å². The number of hydrogen-bond acceptors (Lipinski definition) is 4. The van der Waals surface area contributed by atoms with E-state index in [1.165, 1.54) is 7.11 Å². The van der Waals surface area contributed by atoms with Crippen molar-refractivity contribution in [3.63, 3.8) is 0 Å². The van der Waals surface area contributed by atoms with E-state index < -0.39 is 11.5 Å². The molecule has 0 unspecified atom stereocenters. The number of rotatable bonds is 4. The third kappa shape index (κ3) is 2.98. The normalized spacial score (nSPS) is 10.6. The van der Waals surface area contributed by atoms with Crippen molar-refractivity contribution in [2.45, 2.75) is 6.54 Å². The maximum atomic E-state index is 12.3.